The van der Waals surface area contributed by atoms with E-state index in [2.05, 4.69) is 17.4 Å². The molecule has 1 amide bonds. The molecule has 2 rings (SSSR count). The third-order valence-electron chi connectivity index (χ3n) is 3.79. The Bertz CT molecular complexity index is 641. The largest absolute Gasteiger partial charge is 0.497 e. The van der Waals surface area contributed by atoms with E-state index in [-0.39, 0.29) is 5.91 Å². The molecule has 0 atom stereocenters. The molecular formula is C19H25N2O3+. The zero-order valence-electron chi connectivity index (χ0n) is 14.2. The number of ether oxygens (including phenoxy) is 2. The second-order valence-corrected chi connectivity index (χ2v) is 5.47. The summed E-state index contributed by atoms with van der Waals surface area (Å²) in [6.45, 7) is 1.77. The summed E-state index contributed by atoms with van der Waals surface area (Å²) in [6.07, 6.45) is 0.920. The molecule has 0 aliphatic rings. The second kappa shape index (κ2) is 9.57. The number of carbonyl (C=O) groups is 1. The Balaban J connectivity index is 1.66. The molecule has 0 bridgehead atoms. The highest BCUT2D eigenvalue weighted by Gasteiger charge is 2.06. The first-order chi connectivity index (χ1) is 11.7. The summed E-state index contributed by atoms with van der Waals surface area (Å²) < 4.78 is 10.4. The van der Waals surface area contributed by atoms with Gasteiger partial charge in [-0.2, -0.15) is 0 Å². The van der Waals surface area contributed by atoms with Crippen LogP contribution in [-0.4, -0.2) is 33.2 Å². The van der Waals surface area contributed by atoms with Crippen molar-refractivity contribution in [1.29, 1.82) is 0 Å². The predicted octanol–water partition coefficient (Wildman–Crippen LogP) is 1.13. The van der Waals surface area contributed by atoms with E-state index in [1.807, 2.05) is 41.7 Å². The first-order valence-electron chi connectivity index (χ1n) is 8.06. The van der Waals surface area contributed by atoms with Crippen LogP contribution in [0.1, 0.15) is 11.1 Å². The number of para-hydroxylation sites is 1. The summed E-state index contributed by atoms with van der Waals surface area (Å²) in [5.41, 5.74) is 2.22. The molecule has 0 spiro atoms. The summed E-state index contributed by atoms with van der Waals surface area (Å²) >= 11 is 0. The van der Waals surface area contributed by atoms with Gasteiger partial charge in [0.15, 0.2) is 6.54 Å². The van der Waals surface area contributed by atoms with Crippen LogP contribution in [0, 0.1) is 0 Å². The molecule has 3 N–H and O–H groups in total. The molecule has 0 unspecified atom stereocenters. The molecule has 0 aliphatic heterocycles. The Morgan fingerprint density at radius 2 is 1.79 bits per heavy atom. The highest BCUT2D eigenvalue weighted by molar-refractivity contribution is 5.76. The maximum atomic E-state index is 11.9. The number of carbonyl (C=O) groups excluding carboxylic acids is 1. The molecule has 128 valence electrons. The molecule has 0 heterocycles. The molecule has 0 saturated heterocycles. The van der Waals surface area contributed by atoms with E-state index in [1.165, 1.54) is 5.56 Å². The molecule has 0 aliphatic carbocycles. The zero-order chi connectivity index (χ0) is 17.2. The average Bonchev–Trinajstić information content (AvgIpc) is 2.64. The Hall–Kier alpha value is -2.53. The van der Waals surface area contributed by atoms with Crippen molar-refractivity contribution in [1.82, 2.24) is 5.32 Å². The smallest absolute Gasteiger partial charge is 0.275 e. The molecule has 0 radical (unpaired) electrons. The molecule has 0 saturated carbocycles. The van der Waals surface area contributed by atoms with Crippen LogP contribution in [0.25, 0.3) is 0 Å². The Labute approximate surface area is 143 Å². The highest BCUT2D eigenvalue weighted by Crippen LogP contribution is 2.16. The van der Waals surface area contributed by atoms with Gasteiger partial charge < -0.3 is 20.1 Å². The Morgan fingerprint density at radius 3 is 2.50 bits per heavy atom. The number of methoxy groups -OCH3 is 2. The van der Waals surface area contributed by atoms with E-state index in [0.29, 0.717) is 13.1 Å². The number of rotatable bonds is 9. The van der Waals surface area contributed by atoms with Crippen molar-refractivity contribution in [2.24, 2.45) is 0 Å². The van der Waals surface area contributed by atoms with E-state index >= 15 is 0 Å². The fraction of sp³-hybridized carbons (Fsp3) is 0.316. The van der Waals surface area contributed by atoms with Gasteiger partial charge in [0.05, 0.1) is 20.8 Å². The van der Waals surface area contributed by atoms with Crippen molar-refractivity contribution in [3.05, 3.63) is 59.7 Å². The topological polar surface area (TPSA) is 64.2 Å². The van der Waals surface area contributed by atoms with Crippen LogP contribution in [0.3, 0.4) is 0 Å². The average molecular weight is 329 g/mol. The van der Waals surface area contributed by atoms with Gasteiger partial charge in [-0.25, -0.2) is 0 Å². The number of nitrogens with one attached hydrogen (secondary N) is 1. The number of hydrogen-bond donors (Lipinski definition) is 2. The summed E-state index contributed by atoms with van der Waals surface area (Å²) in [6, 6.07) is 15.7. The highest BCUT2D eigenvalue weighted by atomic mass is 16.5. The molecule has 0 fully saturated rings. The number of hydrogen-bond acceptors (Lipinski definition) is 3. The van der Waals surface area contributed by atoms with Crippen molar-refractivity contribution in [2.45, 2.75) is 13.0 Å². The molecule has 2 aromatic carbocycles. The standard InChI is InChI=1S/C19H24N2O3/c1-23-17-9-7-15(8-10-17)11-12-20-14-19(22)21-13-16-5-3-4-6-18(16)24-2/h3-10,20H,11-14H2,1-2H3,(H,21,22)/p+1. The van der Waals surface area contributed by atoms with Crippen molar-refractivity contribution < 1.29 is 19.6 Å². The van der Waals surface area contributed by atoms with Crippen molar-refractivity contribution in [3.8, 4) is 11.5 Å². The van der Waals surface area contributed by atoms with Gasteiger partial charge in [-0.15, -0.1) is 0 Å². The van der Waals surface area contributed by atoms with Crippen LogP contribution in [-0.2, 0) is 17.8 Å². The monoisotopic (exact) mass is 329 g/mol. The van der Waals surface area contributed by atoms with Crippen molar-refractivity contribution in [3.63, 3.8) is 0 Å². The quantitative estimate of drug-likeness (QED) is 0.678. The van der Waals surface area contributed by atoms with Crippen LogP contribution in [0.4, 0.5) is 0 Å². The van der Waals surface area contributed by atoms with Gasteiger partial charge in [-0.1, -0.05) is 30.3 Å². The maximum Gasteiger partial charge on any atom is 0.275 e. The van der Waals surface area contributed by atoms with Gasteiger partial charge in [0.2, 0.25) is 0 Å². The number of nitrogens with two attached hydrogens (primary N) is 1. The van der Waals surface area contributed by atoms with Crippen LogP contribution in [0.2, 0.25) is 0 Å². The lowest BCUT2D eigenvalue weighted by Crippen LogP contribution is -2.87. The fourth-order valence-corrected chi connectivity index (χ4v) is 2.41. The lowest BCUT2D eigenvalue weighted by molar-refractivity contribution is -0.643. The summed E-state index contributed by atoms with van der Waals surface area (Å²) in [7, 11) is 3.29. The normalized spacial score (nSPS) is 10.2. The van der Waals surface area contributed by atoms with E-state index in [1.54, 1.807) is 14.2 Å². The lowest BCUT2D eigenvalue weighted by Gasteiger charge is -2.09. The minimum atomic E-state index is 0.0237. The van der Waals surface area contributed by atoms with E-state index in [0.717, 1.165) is 30.0 Å². The fourth-order valence-electron chi connectivity index (χ4n) is 2.41. The van der Waals surface area contributed by atoms with Crippen LogP contribution < -0.4 is 20.1 Å². The Morgan fingerprint density at radius 1 is 1.04 bits per heavy atom. The van der Waals surface area contributed by atoms with Gasteiger partial charge in [0.25, 0.3) is 5.91 Å². The number of benzene rings is 2. The minimum absolute atomic E-state index is 0.0237. The van der Waals surface area contributed by atoms with Crippen LogP contribution >= 0.6 is 0 Å². The van der Waals surface area contributed by atoms with Gasteiger partial charge in [0.1, 0.15) is 11.5 Å². The summed E-state index contributed by atoms with van der Waals surface area (Å²) in [5.74, 6) is 1.68. The van der Waals surface area contributed by atoms with Gasteiger partial charge in [-0.3, -0.25) is 4.79 Å². The molecule has 5 heteroatoms. The molecule has 2 aromatic rings. The lowest BCUT2D eigenvalue weighted by atomic mass is 10.1. The number of amides is 1. The van der Waals surface area contributed by atoms with Crippen LogP contribution in [0.5, 0.6) is 11.5 Å². The second-order valence-electron chi connectivity index (χ2n) is 5.47. The van der Waals surface area contributed by atoms with Crippen LogP contribution in [0.15, 0.2) is 48.5 Å². The van der Waals surface area contributed by atoms with E-state index in [9.17, 15) is 4.79 Å². The predicted molar refractivity (Wildman–Crippen MR) is 93.2 cm³/mol. The van der Waals surface area contributed by atoms with Gasteiger partial charge in [0, 0.05) is 18.5 Å². The zero-order valence-corrected chi connectivity index (χ0v) is 14.2. The van der Waals surface area contributed by atoms with Crippen molar-refractivity contribution >= 4 is 5.91 Å². The minimum Gasteiger partial charge on any atom is -0.497 e. The molecule has 0 aromatic heterocycles. The van der Waals surface area contributed by atoms with Gasteiger partial charge >= 0.3 is 0 Å². The van der Waals surface area contributed by atoms with E-state index < -0.39 is 0 Å². The SMILES string of the molecule is COc1ccc(CC[NH2+]CC(=O)NCc2ccccc2OC)cc1. The molecular weight excluding hydrogens is 304 g/mol. The number of quaternary nitrogens is 1. The Kier molecular flexibility index (Phi) is 7.11. The molecule has 5 nitrogen and oxygen atoms in total. The molecule has 24 heavy (non-hydrogen) atoms. The van der Waals surface area contributed by atoms with Crippen molar-refractivity contribution in [2.75, 3.05) is 27.3 Å². The third kappa shape index (κ3) is 5.59. The summed E-state index contributed by atoms with van der Waals surface area (Å²) in [5, 5.41) is 4.94. The van der Waals surface area contributed by atoms with Gasteiger partial charge in [-0.05, 0) is 23.8 Å². The maximum absolute atomic E-state index is 11.9. The third-order valence-corrected chi connectivity index (χ3v) is 3.79. The first kappa shape index (κ1) is 17.8. The van der Waals surface area contributed by atoms with E-state index in [4.69, 9.17) is 9.47 Å². The first-order valence-corrected chi connectivity index (χ1v) is 8.06. The summed E-state index contributed by atoms with van der Waals surface area (Å²) in [4.78, 5) is 11.9.